The summed E-state index contributed by atoms with van der Waals surface area (Å²) in [5.41, 5.74) is 4.77. The molecule has 8 heteroatoms. The third-order valence-electron chi connectivity index (χ3n) is 2.02. The van der Waals surface area contributed by atoms with E-state index >= 15 is 0 Å². The number of nitrogens with two attached hydrogens (primary N) is 1. The lowest BCUT2D eigenvalue weighted by molar-refractivity contribution is -0.210. The van der Waals surface area contributed by atoms with E-state index in [0.717, 1.165) is 6.07 Å². The normalized spacial score (nSPS) is 15.0. The zero-order valence-electron chi connectivity index (χ0n) is 8.21. The lowest BCUT2D eigenvalue weighted by Gasteiger charge is -2.22. The summed E-state index contributed by atoms with van der Waals surface area (Å²) in [6, 6.07) is 1.91. The molecule has 2 nitrogen and oxygen atoms in total. The second-order valence-electron chi connectivity index (χ2n) is 3.16. The summed E-state index contributed by atoms with van der Waals surface area (Å²) in [7, 11) is 0. The Kier molecular flexibility index (Phi) is 5.86. The van der Waals surface area contributed by atoms with E-state index in [-0.39, 0.29) is 22.4 Å². The molecule has 0 aliphatic rings. The second kappa shape index (κ2) is 5.99. The average molecular weight is 339 g/mol. The van der Waals surface area contributed by atoms with Crippen LogP contribution in [0.5, 0.6) is 0 Å². The van der Waals surface area contributed by atoms with E-state index in [4.69, 9.17) is 10.8 Å². The molecule has 1 rings (SSSR count). The molecule has 0 spiro atoms. The van der Waals surface area contributed by atoms with Gasteiger partial charge in [-0.05, 0) is 22.0 Å². The summed E-state index contributed by atoms with van der Waals surface area (Å²) in [6.07, 6.45) is -7.68. The van der Waals surface area contributed by atoms with Crippen LogP contribution in [0, 0.1) is 5.82 Å². The van der Waals surface area contributed by atoms with E-state index in [1.165, 1.54) is 12.1 Å². The Hall–Kier alpha value is -0.370. The van der Waals surface area contributed by atoms with Crippen molar-refractivity contribution in [3.63, 3.8) is 0 Å². The molecule has 0 radical (unpaired) electrons. The number of rotatable bonds is 2. The number of halogens is 6. The highest BCUT2D eigenvalue weighted by atomic mass is 79.9. The van der Waals surface area contributed by atoms with Crippen LogP contribution in [-0.4, -0.2) is 17.4 Å². The summed E-state index contributed by atoms with van der Waals surface area (Å²) < 4.78 is 49.9. The van der Waals surface area contributed by atoms with Gasteiger partial charge in [0.2, 0.25) is 0 Å². The van der Waals surface area contributed by atoms with Crippen molar-refractivity contribution in [1.82, 2.24) is 0 Å². The molecular weight excluding hydrogens is 329 g/mol. The molecule has 0 bridgehead atoms. The van der Waals surface area contributed by atoms with Gasteiger partial charge in [-0.2, -0.15) is 13.2 Å². The van der Waals surface area contributed by atoms with E-state index in [1.54, 1.807) is 0 Å². The third kappa shape index (κ3) is 3.80. The summed E-state index contributed by atoms with van der Waals surface area (Å²) in [5, 5.41) is 8.89. The largest absolute Gasteiger partial charge is 0.416 e. The molecule has 0 saturated heterocycles. The first-order valence-electron chi connectivity index (χ1n) is 4.19. The van der Waals surface area contributed by atoms with Crippen molar-refractivity contribution in [3.05, 3.63) is 34.1 Å². The van der Waals surface area contributed by atoms with Gasteiger partial charge in [-0.3, -0.25) is 0 Å². The van der Waals surface area contributed by atoms with Crippen LogP contribution >= 0.6 is 28.3 Å². The molecule has 0 unspecified atom stereocenters. The van der Waals surface area contributed by atoms with Crippen LogP contribution in [0.1, 0.15) is 11.6 Å². The van der Waals surface area contributed by atoms with Gasteiger partial charge in [0.1, 0.15) is 5.82 Å². The molecule has 3 N–H and O–H groups in total. The quantitative estimate of drug-likeness (QED) is 0.815. The zero-order valence-corrected chi connectivity index (χ0v) is 10.6. The molecule has 0 amide bonds. The van der Waals surface area contributed by atoms with Crippen molar-refractivity contribution in [2.45, 2.75) is 18.3 Å². The molecule has 0 aliphatic heterocycles. The molecular formula is C9H9BrClF4NO. The molecule has 98 valence electrons. The number of benzene rings is 1. The van der Waals surface area contributed by atoms with Gasteiger partial charge >= 0.3 is 6.18 Å². The number of alkyl halides is 3. The van der Waals surface area contributed by atoms with Gasteiger partial charge in [0, 0.05) is 5.56 Å². The second-order valence-corrected chi connectivity index (χ2v) is 4.01. The topological polar surface area (TPSA) is 46.2 Å². The first kappa shape index (κ1) is 16.6. The Labute approximate surface area is 109 Å². The number of hydrogen-bond donors (Lipinski definition) is 2. The fourth-order valence-electron chi connectivity index (χ4n) is 1.15. The first-order valence-corrected chi connectivity index (χ1v) is 4.98. The predicted octanol–water partition coefficient (Wildman–Crippen LogP) is 2.93. The Morgan fingerprint density at radius 2 is 1.82 bits per heavy atom. The van der Waals surface area contributed by atoms with Crippen LogP contribution in [-0.2, 0) is 0 Å². The zero-order chi connectivity index (χ0) is 12.5. The minimum atomic E-state index is -4.88. The highest BCUT2D eigenvalue weighted by molar-refractivity contribution is 9.10. The maximum absolute atomic E-state index is 13.4. The number of aliphatic hydroxyl groups is 1. The summed E-state index contributed by atoms with van der Waals surface area (Å²) in [5.74, 6) is -0.904. The van der Waals surface area contributed by atoms with Crippen LogP contribution in [0.3, 0.4) is 0 Å². The first-order chi connectivity index (χ1) is 7.25. The van der Waals surface area contributed by atoms with Gasteiger partial charge in [-0.1, -0.05) is 12.1 Å². The fourth-order valence-corrected chi connectivity index (χ4v) is 1.53. The Morgan fingerprint density at radius 1 is 1.29 bits per heavy atom. The predicted molar refractivity (Wildman–Crippen MR) is 60.3 cm³/mol. The molecule has 2 atom stereocenters. The number of aliphatic hydroxyl groups excluding tert-OH is 1. The highest BCUT2D eigenvalue weighted by Gasteiger charge is 2.43. The SMILES string of the molecule is Cl.N[C@@H](c1cccc(Br)c1F)[C@H](O)C(F)(F)F. The molecule has 1 aromatic rings. The Bertz CT molecular complexity index is 388. The maximum Gasteiger partial charge on any atom is 0.416 e. The van der Waals surface area contributed by atoms with E-state index in [0.29, 0.717) is 0 Å². The fraction of sp³-hybridized carbons (Fsp3) is 0.333. The lowest BCUT2D eigenvalue weighted by Crippen LogP contribution is -2.39. The Balaban J connectivity index is 0.00000256. The van der Waals surface area contributed by atoms with Crippen LogP contribution in [0.25, 0.3) is 0 Å². The van der Waals surface area contributed by atoms with Gasteiger partial charge in [0.05, 0.1) is 10.5 Å². The standard InChI is InChI=1S/C9H8BrF4NO.ClH/c10-5-3-1-2-4(6(5)11)7(15)8(16)9(12,13)14;/h1-3,7-8,16H,15H2;1H/t7-,8-;/m0./s1. The molecule has 0 heterocycles. The van der Waals surface area contributed by atoms with Gasteiger partial charge in [-0.15, -0.1) is 12.4 Å². The summed E-state index contributed by atoms with van der Waals surface area (Å²) >= 11 is 2.82. The highest BCUT2D eigenvalue weighted by Crippen LogP contribution is 2.31. The summed E-state index contributed by atoms with van der Waals surface area (Å²) in [6.45, 7) is 0. The molecule has 0 saturated carbocycles. The van der Waals surface area contributed by atoms with Gasteiger partial charge in [0.25, 0.3) is 0 Å². The third-order valence-corrected chi connectivity index (χ3v) is 2.63. The van der Waals surface area contributed by atoms with Crippen molar-refractivity contribution >= 4 is 28.3 Å². The van der Waals surface area contributed by atoms with Crippen molar-refractivity contribution in [2.24, 2.45) is 5.73 Å². The molecule has 17 heavy (non-hydrogen) atoms. The van der Waals surface area contributed by atoms with Crippen LogP contribution in [0.4, 0.5) is 17.6 Å². The van der Waals surface area contributed by atoms with Gasteiger partial charge < -0.3 is 10.8 Å². The molecule has 1 aromatic carbocycles. The van der Waals surface area contributed by atoms with Crippen molar-refractivity contribution in [1.29, 1.82) is 0 Å². The van der Waals surface area contributed by atoms with E-state index < -0.39 is 24.1 Å². The molecule has 0 aliphatic carbocycles. The maximum atomic E-state index is 13.4. The monoisotopic (exact) mass is 337 g/mol. The van der Waals surface area contributed by atoms with Crippen LogP contribution in [0.2, 0.25) is 0 Å². The Morgan fingerprint density at radius 3 is 2.29 bits per heavy atom. The van der Waals surface area contributed by atoms with Crippen molar-refractivity contribution in [3.8, 4) is 0 Å². The van der Waals surface area contributed by atoms with Gasteiger partial charge in [-0.25, -0.2) is 4.39 Å². The van der Waals surface area contributed by atoms with Crippen molar-refractivity contribution in [2.75, 3.05) is 0 Å². The van der Waals surface area contributed by atoms with E-state index in [2.05, 4.69) is 15.9 Å². The molecule has 0 fully saturated rings. The average Bonchev–Trinajstić information content (AvgIpc) is 2.18. The smallest absolute Gasteiger partial charge is 0.382 e. The van der Waals surface area contributed by atoms with Gasteiger partial charge in [0.15, 0.2) is 6.10 Å². The van der Waals surface area contributed by atoms with Crippen LogP contribution in [0.15, 0.2) is 22.7 Å². The summed E-state index contributed by atoms with van der Waals surface area (Å²) in [4.78, 5) is 0. The minimum absolute atomic E-state index is 0. The van der Waals surface area contributed by atoms with Crippen LogP contribution < -0.4 is 5.73 Å². The number of hydrogen-bond acceptors (Lipinski definition) is 2. The van der Waals surface area contributed by atoms with Crippen molar-refractivity contribution < 1.29 is 22.7 Å². The van der Waals surface area contributed by atoms with E-state index in [9.17, 15) is 17.6 Å². The van der Waals surface area contributed by atoms with E-state index in [1.807, 2.05) is 0 Å². The minimum Gasteiger partial charge on any atom is -0.382 e. The lowest BCUT2D eigenvalue weighted by atomic mass is 10.0. The molecule has 0 aromatic heterocycles.